The summed E-state index contributed by atoms with van der Waals surface area (Å²) in [5.41, 5.74) is 5.63. The van der Waals surface area contributed by atoms with Gasteiger partial charge in [0.15, 0.2) is 0 Å². The van der Waals surface area contributed by atoms with E-state index in [1.54, 1.807) is 37.3 Å². The van der Waals surface area contributed by atoms with Crippen molar-refractivity contribution in [2.45, 2.75) is 32.1 Å². The third-order valence-corrected chi connectivity index (χ3v) is 12.7. The van der Waals surface area contributed by atoms with Crippen LogP contribution in [-0.2, 0) is 34.7 Å². The molecule has 8 rings (SSSR count). The van der Waals surface area contributed by atoms with E-state index in [9.17, 15) is 49.5 Å². The van der Waals surface area contributed by atoms with Crippen LogP contribution in [0.25, 0.3) is 42.4 Å². The van der Waals surface area contributed by atoms with Gasteiger partial charge >= 0.3 is 18.3 Å². The quantitative estimate of drug-likeness (QED) is 0.0996. The summed E-state index contributed by atoms with van der Waals surface area (Å²) in [6.45, 7) is 1.35. The number of fused-ring (bicyclic) bond motifs is 2. The van der Waals surface area contributed by atoms with Crippen molar-refractivity contribution in [1.29, 1.82) is 0 Å². The lowest BCUT2D eigenvalue weighted by Gasteiger charge is -2.08. The van der Waals surface area contributed by atoms with Crippen molar-refractivity contribution in [3.63, 3.8) is 0 Å². The third-order valence-electron chi connectivity index (χ3n) is 10.3. The number of rotatable bonds is 11. The zero-order valence-corrected chi connectivity index (χ0v) is 36.8. The van der Waals surface area contributed by atoms with Crippen molar-refractivity contribution < 1.29 is 63.0 Å². The van der Waals surface area contributed by atoms with Crippen molar-refractivity contribution >= 4 is 60.6 Å². The predicted octanol–water partition coefficient (Wildman–Crippen LogP) is 13.3. The number of amides is 2. The van der Waals surface area contributed by atoms with E-state index >= 15 is 8.78 Å². The number of carbonyl (C=O) groups is 3. The lowest BCUT2D eigenvalue weighted by molar-refractivity contribution is -0.138. The maximum atomic E-state index is 15.2. The number of thiophene rings is 2. The molecule has 18 heteroatoms. The molecule has 0 aliphatic heterocycles. The zero-order chi connectivity index (χ0) is 49.1. The van der Waals surface area contributed by atoms with Gasteiger partial charge in [-0.05, 0) is 88.8 Å². The fourth-order valence-corrected chi connectivity index (χ4v) is 9.76. The van der Waals surface area contributed by atoms with Gasteiger partial charge in [0, 0.05) is 48.3 Å². The van der Waals surface area contributed by atoms with Crippen molar-refractivity contribution in [2.75, 3.05) is 13.2 Å². The highest BCUT2D eigenvalue weighted by atomic mass is 32.1. The highest BCUT2D eigenvalue weighted by molar-refractivity contribution is 7.20. The Hall–Kier alpha value is -7.05. The number of nitrogens with one attached hydrogen (secondary N) is 1. The molecule has 0 spiro atoms. The minimum absolute atomic E-state index is 0.0221. The van der Waals surface area contributed by atoms with Crippen LogP contribution in [0.4, 0.5) is 43.9 Å². The van der Waals surface area contributed by atoms with Gasteiger partial charge in [0.1, 0.15) is 23.3 Å². The summed E-state index contributed by atoms with van der Waals surface area (Å²) in [7, 11) is 0. The number of benzene rings is 6. The highest BCUT2D eigenvalue weighted by Gasteiger charge is 2.32. The summed E-state index contributed by atoms with van der Waals surface area (Å²) in [5.74, 6) is -4.61. The van der Waals surface area contributed by atoms with Crippen molar-refractivity contribution in [3.05, 3.63) is 188 Å². The number of esters is 1. The first-order valence-electron chi connectivity index (χ1n) is 20.3. The van der Waals surface area contributed by atoms with Crippen LogP contribution in [0, 0.1) is 23.3 Å². The first kappa shape index (κ1) is 48.9. The Morgan fingerprint density at radius 2 is 1.03 bits per heavy atom. The lowest BCUT2D eigenvalue weighted by Crippen LogP contribution is -2.33. The van der Waals surface area contributed by atoms with Crippen LogP contribution in [0.15, 0.2) is 121 Å². The largest absolute Gasteiger partial charge is 0.462 e. The molecule has 8 aromatic rings. The predicted molar refractivity (Wildman–Crippen MR) is 240 cm³/mol. The zero-order valence-electron chi connectivity index (χ0n) is 35.2. The Morgan fingerprint density at radius 1 is 0.588 bits per heavy atom. The number of hydrogen-bond acceptors (Lipinski definition) is 6. The second-order valence-corrected chi connectivity index (χ2v) is 17.3. The molecular weight excluding hydrogens is 947 g/mol. The molecule has 0 saturated carbocycles. The summed E-state index contributed by atoms with van der Waals surface area (Å²) >= 11 is 2.14. The van der Waals surface area contributed by atoms with Crippen molar-refractivity contribution in [3.8, 4) is 22.3 Å². The van der Waals surface area contributed by atoms with E-state index in [0.29, 0.717) is 42.8 Å². The van der Waals surface area contributed by atoms with E-state index in [2.05, 4.69) is 5.32 Å². The van der Waals surface area contributed by atoms with Gasteiger partial charge in [-0.25, -0.2) is 22.4 Å². The smallest absolute Gasteiger partial charge is 0.416 e. The molecule has 0 saturated heterocycles. The van der Waals surface area contributed by atoms with E-state index < -0.39 is 71.1 Å². The Morgan fingerprint density at radius 3 is 1.47 bits per heavy atom. The van der Waals surface area contributed by atoms with E-state index in [1.165, 1.54) is 54.6 Å². The molecule has 68 heavy (non-hydrogen) atoms. The molecule has 0 radical (unpaired) electrons. The molecule has 0 aliphatic rings. The monoisotopic (exact) mass is 980 g/mol. The molecule has 2 heterocycles. The van der Waals surface area contributed by atoms with E-state index in [0.717, 1.165) is 59.1 Å². The molecule has 2 aromatic heterocycles. The van der Waals surface area contributed by atoms with E-state index in [1.807, 2.05) is 0 Å². The van der Waals surface area contributed by atoms with Crippen LogP contribution in [0.3, 0.4) is 0 Å². The van der Waals surface area contributed by atoms with Gasteiger partial charge in [-0.2, -0.15) is 26.3 Å². The first-order chi connectivity index (χ1) is 32.2. The molecule has 0 aliphatic carbocycles. The minimum Gasteiger partial charge on any atom is -0.462 e. The number of ether oxygens (including phenoxy) is 1. The third kappa shape index (κ3) is 11.2. The average molecular weight is 981 g/mol. The minimum atomic E-state index is -4.51. The number of carbonyl (C=O) groups excluding carboxylic acids is 3. The topological polar surface area (TPSA) is 98.5 Å². The van der Waals surface area contributed by atoms with Gasteiger partial charge in [0.05, 0.1) is 29.8 Å². The Balaban J connectivity index is 0.000000202. The number of hydrogen-bond donors (Lipinski definition) is 2. The molecule has 0 atom stereocenters. The molecule has 6 nitrogen and oxygen atoms in total. The van der Waals surface area contributed by atoms with Crippen LogP contribution < -0.4 is 11.1 Å². The summed E-state index contributed by atoms with van der Waals surface area (Å²) < 4.78 is 143. The van der Waals surface area contributed by atoms with Gasteiger partial charge in [0.25, 0.3) is 5.91 Å². The Kier molecular flexibility index (Phi) is 14.4. The SMILES string of the molecule is CCOC(=O)c1cc(F)cc(-c2cccc3c(F)c(Cc4cccc(C(F)(F)F)c4)sc23)c1.NC(=O)CNC(=O)c1cc(F)cc(-c2cccc3c(F)c(Cc4cccc(C(F)(F)F)c4)sc23)c1. The number of primary amides is 1. The van der Waals surface area contributed by atoms with Gasteiger partial charge in [0.2, 0.25) is 5.91 Å². The van der Waals surface area contributed by atoms with Crippen LogP contribution in [0.1, 0.15) is 59.6 Å². The summed E-state index contributed by atoms with van der Waals surface area (Å²) in [4.78, 5) is 35.8. The number of nitrogens with two attached hydrogens (primary N) is 1. The maximum Gasteiger partial charge on any atom is 0.416 e. The van der Waals surface area contributed by atoms with Crippen LogP contribution in [0.2, 0.25) is 0 Å². The summed E-state index contributed by atoms with van der Waals surface area (Å²) in [5, 5.41) is 2.79. The molecule has 0 fully saturated rings. The second kappa shape index (κ2) is 20.0. The van der Waals surface area contributed by atoms with Gasteiger partial charge in [-0.3, -0.25) is 9.59 Å². The average Bonchev–Trinajstić information content (AvgIpc) is 3.78. The molecule has 2 amide bonds. The van der Waals surface area contributed by atoms with Crippen LogP contribution in [-0.4, -0.2) is 30.9 Å². The molecular formula is C50H34F10N2O4S2. The normalized spacial score (nSPS) is 11.6. The van der Waals surface area contributed by atoms with Crippen LogP contribution in [0.5, 0.6) is 0 Å². The first-order valence-corrected chi connectivity index (χ1v) is 21.9. The molecule has 0 bridgehead atoms. The fraction of sp³-hybridized carbons (Fsp3) is 0.140. The van der Waals surface area contributed by atoms with Gasteiger partial charge in [-0.15, -0.1) is 22.7 Å². The number of halogens is 10. The van der Waals surface area contributed by atoms with E-state index in [4.69, 9.17) is 10.5 Å². The fourth-order valence-electron chi connectivity index (χ4n) is 7.27. The maximum absolute atomic E-state index is 15.2. The molecule has 6 aromatic carbocycles. The summed E-state index contributed by atoms with van der Waals surface area (Å²) in [6, 6.07) is 26.4. The molecule has 350 valence electrons. The van der Waals surface area contributed by atoms with Gasteiger partial charge < -0.3 is 15.8 Å². The van der Waals surface area contributed by atoms with Gasteiger partial charge in [-0.1, -0.05) is 72.8 Å². The standard InChI is InChI=1S/C25H17F5N2O2S.C25H17F5O2S/c26-17-10-14(9-15(11-17)24(34)32-12-21(31)33)18-5-2-6-19-22(27)20(35-23(18)19)8-13-3-1-4-16(7-13)25(28,29)30;1-2-32-24(31)16-11-15(12-18(26)13-16)19-7-4-8-20-22(27)21(33-23(19)20)10-14-5-3-6-17(9-14)25(28,29)30/h1-7,9-11H,8,12H2,(H2,31,33)(H,32,34);3-9,11-13H,2,10H2,1H3. The second-order valence-electron chi connectivity index (χ2n) is 15.1. The van der Waals surface area contributed by atoms with Crippen LogP contribution >= 0.6 is 22.7 Å². The summed E-state index contributed by atoms with van der Waals surface area (Å²) in [6.07, 6.45) is -9.08. The molecule has 3 N–H and O–H groups in total. The molecule has 0 unspecified atom stereocenters. The highest BCUT2D eigenvalue weighted by Crippen LogP contribution is 2.41. The van der Waals surface area contributed by atoms with Crippen molar-refractivity contribution in [1.82, 2.24) is 5.32 Å². The Labute approximate surface area is 388 Å². The number of alkyl halides is 6. The lowest BCUT2D eigenvalue weighted by atomic mass is 10.0. The Bertz CT molecular complexity index is 3210. The van der Waals surface area contributed by atoms with Crippen molar-refractivity contribution in [2.24, 2.45) is 5.73 Å². The van der Waals surface area contributed by atoms with E-state index in [-0.39, 0.29) is 51.1 Å².